The molecule has 0 bridgehead atoms. The van der Waals surface area contributed by atoms with Crippen LogP contribution >= 0.6 is 0 Å². The molecule has 1 aliphatic heterocycles. The highest BCUT2D eigenvalue weighted by Crippen LogP contribution is 2.19. The molecule has 2 rings (SSSR count). The van der Waals surface area contributed by atoms with E-state index in [2.05, 4.69) is 5.32 Å². The van der Waals surface area contributed by atoms with Crippen molar-refractivity contribution in [2.24, 2.45) is 5.92 Å². The van der Waals surface area contributed by atoms with E-state index in [1.165, 1.54) is 12.0 Å². The normalized spacial score (nSPS) is 21.6. The van der Waals surface area contributed by atoms with Crippen LogP contribution in [0, 0.1) is 5.92 Å². The zero-order chi connectivity index (χ0) is 9.80. The van der Waals surface area contributed by atoms with E-state index >= 15 is 0 Å². The second-order valence-electron chi connectivity index (χ2n) is 3.86. The van der Waals surface area contributed by atoms with Crippen molar-refractivity contribution in [3.63, 3.8) is 0 Å². The van der Waals surface area contributed by atoms with Crippen molar-refractivity contribution in [3.8, 4) is 0 Å². The highest BCUT2D eigenvalue weighted by molar-refractivity contribution is 5.16. The molecule has 1 unspecified atom stereocenters. The van der Waals surface area contributed by atoms with Crippen molar-refractivity contribution in [1.29, 1.82) is 0 Å². The number of methoxy groups -OCH3 is 1. The minimum absolute atomic E-state index is 0.659. The van der Waals surface area contributed by atoms with Crippen LogP contribution in [-0.2, 0) is 17.8 Å². The van der Waals surface area contributed by atoms with Gasteiger partial charge in [-0.15, -0.1) is 0 Å². The molecule has 3 heteroatoms. The number of ether oxygens (including phenoxy) is 1. The minimum atomic E-state index is 0.659. The summed E-state index contributed by atoms with van der Waals surface area (Å²) in [5, 5.41) is 3.36. The Morgan fingerprint density at radius 2 is 2.57 bits per heavy atom. The Bertz CT molecular complexity index is 277. The summed E-state index contributed by atoms with van der Waals surface area (Å²) in [7, 11) is 1.72. The zero-order valence-electron chi connectivity index (χ0n) is 8.58. The SMILES string of the molecule is COCc1ccoc1CC1CCNC1. The molecular weight excluding hydrogens is 178 g/mol. The lowest BCUT2D eigenvalue weighted by Crippen LogP contribution is -2.11. The van der Waals surface area contributed by atoms with Crippen LogP contribution in [0.2, 0.25) is 0 Å². The fourth-order valence-corrected chi connectivity index (χ4v) is 1.98. The number of nitrogens with one attached hydrogen (secondary N) is 1. The molecule has 1 fully saturated rings. The van der Waals surface area contributed by atoms with E-state index in [1.54, 1.807) is 13.4 Å². The second kappa shape index (κ2) is 4.62. The Morgan fingerprint density at radius 1 is 1.64 bits per heavy atom. The molecule has 14 heavy (non-hydrogen) atoms. The van der Waals surface area contributed by atoms with Crippen molar-refractivity contribution >= 4 is 0 Å². The number of rotatable bonds is 4. The first kappa shape index (κ1) is 9.74. The monoisotopic (exact) mass is 195 g/mol. The van der Waals surface area contributed by atoms with Gasteiger partial charge in [0.25, 0.3) is 0 Å². The molecule has 1 aromatic heterocycles. The van der Waals surface area contributed by atoms with E-state index in [4.69, 9.17) is 9.15 Å². The fraction of sp³-hybridized carbons (Fsp3) is 0.636. The van der Waals surface area contributed by atoms with Crippen molar-refractivity contribution < 1.29 is 9.15 Å². The van der Waals surface area contributed by atoms with E-state index in [0.717, 1.165) is 31.2 Å². The largest absolute Gasteiger partial charge is 0.469 e. The lowest BCUT2D eigenvalue weighted by Gasteiger charge is -2.07. The lowest BCUT2D eigenvalue weighted by atomic mass is 10.0. The van der Waals surface area contributed by atoms with Crippen molar-refractivity contribution in [2.75, 3.05) is 20.2 Å². The van der Waals surface area contributed by atoms with Gasteiger partial charge in [-0.25, -0.2) is 0 Å². The molecule has 0 amide bonds. The van der Waals surface area contributed by atoms with Gasteiger partial charge in [0.05, 0.1) is 12.9 Å². The summed E-state index contributed by atoms with van der Waals surface area (Å²) >= 11 is 0. The summed E-state index contributed by atoms with van der Waals surface area (Å²) in [6.45, 7) is 2.92. The minimum Gasteiger partial charge on any atom is -0.469 e. The zero-order valence-corrected chi connectivity index (χ0v) is 8.58. The van der Waals surface area contributed by atoms with Gasteiger partial charge in [0.1, 0.15) is 5.76 Å². The molecule has 1 aliphatic rings. The first-order chi connectivity index (χ1) is 6.90. The van der Waals surface area contributed by atoms with E-state index < -0.39 is 0 Å². The van der Waals surface area contributed by atoms with Gasteiger partial charge >= 0.3 is 0 Å². The molecule has 0 spiro atoms. The number of hydrogen-bond acceptors (Lipinski definition) is 3. The van der Waals surface area contributed by atoms with Gasteiger partial charge in [-0.1, -0.05) is 0 Å². The van der Waals surface area contributed by atoms with Gasteiger partial charge in [-0.3, -0.25) is 0 Å². The van der Waals surface area contributed by atoms with E-state index in [-0.39, 0.29) is 0 Å². The van der Waals surface area contributed by atoms with Gasteiger partial charge < -0.3 is 14.5 Å². The van der Waals surface area contributed by atoms with Gasteiger partial charge in [0.15, 0.2) is 0 Å². The predicted octanol–water partition coefficient (Wildman–Crippen LogP) is 1.58. The Morgan fingerprint density at radius 3 is 3.29 bits per heavy atom. The van der Waals surface area contributed by atoms with Crippen molar-refractivity contribution in [3.05, 3.63) is 23.7 Å². The lowest BCUT2D eigenvalue weighted by molar-refractivity contribution is 0.182. The maximum atomic E-state index is 5.47. The second-order valence-corrected chi connectivity index (χ2v) is 3.86. The molecule has 1 saturated heterocycles. The Hall–Kier alpha value is -0.800. The van der Waals surface area contributed by atoms with Gasteiger partial charge in [-0.05, 0) is 31.5 Å². The summed E-state index contributed by atoms with van der Waals surface area (Å²) < 4.78 is 10.6. The average molecular weight is 195 g/mol. The Balaban J connectivity index is 1.96. The van der Waals surface area contributed by atoms with Crippen molar-refractivity contribution in [1.82, 2.24) is 5.32 Å². The van der Waals surface area contributed by atoms with Crippen LogP contribution in [0.3, 0.4) is 0 Å². The standard InChI is InChI=1S/C11H17NO2/c1-13-8-10-3-5-14-11(10)6-9-2-4-12-7-9/h3,5,9,12H,2,4,6-8H2,1H3. The first-order valence-electron chi connectivity index (χ1n) is 5.15. The van der Waals surface area contributed by atoms with Crippen LogP contribution < -0.4 is 5.32 Å². The van der Waals surface area contributed by atoms with Gasteiger partial charge in [0, 0.05) is 19.1 Å². The highest BCUT2D eigenvalue weighted by Gasteiger charge is 2.18. The highest BCUT2D eigenvalue weighted by atomic mass is 16.5. The van der Waals surface area contributed by atoms with Crippen LogP contribution in [0.25, 0.3) is 0 Å². The average Bonchev–Trinajstić information content (AvgIpc) is 2.80. The van der Waals surface area contributed by atoms with Crippen LogP contribution in [0.1, 0.15) is 17.7 Å². The molecule has 1 atom stereocenters. The maximum Gasteiger partial charge on any atom is 0.109 e. The van der Waals surface area contributed by atoms with E-state index in [1.807, 2.05) is 6.07 Å². The quantitative estimate of drug-likeness (QED) is 0.792. The summed E-state index contributed by atoms with van der Waals surface area (Å²) in [5.74, 6) is 1.83. The third-order valence-electron chi connectivity index (χ3n) is 2.77. The molecule has 78 valence electrons. The summed E-state index contributed by atoms with van der Waals surface area (Å²) in [5.41, 5.74) is 1.19. The number of furan rings is 1. The summed E-state index contributed by atoms with van der Waals surface area (Å²) in [6, 6.07) is 2.00. The maximum absolute atomic E-state index is 5.47. The molecule has 0 aliphatic carbocycles. The van der Waals surface area contributed by atoms with Crippen LogP contribution in [0.4, 0.5) is 0 Å². The molecule has 0 aromatic carbocycles. The van der Waals surface area contributed by atoms with Crippen LogP contribution in [-0.4, -0.2) is 20.2 Å². The van der Waals surface area contributed by atoms with Crippen LogP contribution in [0.15, 0.2) is 16.7 Å². The fourth-order valence-electron chi connectivity index (χ4n) is 1.98. The predicted molar refractivity (Wildman–Crippen MR) is 54.1 cm³/mol. The molecule has 1 N–H and O–H groups in total. The number of hydrogen-bond donors (Lipinski definition) is 1. The Kier molecular flexibility index (Phi) is 3.22. The Labute approximate surface area is 84.4 Å². The molecule has 0 radical (unpaired) electrons. The summed E-state index contributed by atoms with van der Waals surface area (Å²) in [4.78, 5) is 0. The summed E-state index contributed by atoms with van der Waals surface area (Å²) in [6.07, 6.45) is 4.05. The molecule has 3 nitrogen and oxygen atoms in total. The van der Waals surface area contributed by atoms with E-state index in [0.29, 0.717) is 6.61 Å². The molecule has 0 saturated carbocycles. The molecular formula is C11H17NO2. The van der Waals surface area contributed by atoms with Gasteiger partial charge in [-0.2, -0.15) is 0 Å². The van der Waals surface area contributed by atoms with Crippen LogP contribution in [0.5, 0.6) is 0 Å². The van der Waals surface area contributed by atoms with Crippen molar-refractivity contribution in [2.45, 2.75) is 19.4 Å². The topological polar surface area (TPSA) is 34.4 Å². The van der Waals surface area contributed by atoms with Gasteiger partial charge in [0.2, 0.25) is 0 Å². The smallest absolute Gasteiger partial charge is 0.109 e. The third-order valence-corrected chi connectivity index (χ3v) is 2.77. The first-order valence-corrected chi connectivity index (χ1v) is 5.15. The van der Waals surface area contributed by atoms with E-state index in [9.17, 15) is 0 Å². The third kappa shape index (κ3) is 2.16. The molecule has 2 heterocycles. The molecule has 1 aromatic rings.